The Labute approximate surface area is 176 Å². The van der Waals surface area contributed by atoms with E-state index in [4.69, 9.17) is 10.5 Å². The first-order valence-corrected chi connectivity index (χ1v) is 10.3. The van der Waals surface area contributed by atoms with Crippen LogP contribution in [-0.2, 0) is 14.3 Å². The maximum absolute atomic E-state index is 12.8. The minimum atomic E-state index is -1.28. The zero-order valence-electron chi connectivity index (χ0n) is 16.9. The summed E-state index contributed by atoms with van der Waals surface area (Å²) < 4.78 is 5.60. The van der Waals surface area contributed by atoms with Gasteiger partial charge < -0.3 is 15.6 Å². The SMILES string of the molecule is NCCN1CCN([C@@H](C(=O)O)C(=O)OCC2c3ccccc3-c3ccccc32)CC1. The zero-order chi connectivity index (χ0) is 21.1. The summed E-state index contributed by atoms with van der Waals surface area (Å²) >= 11 is 0. The number of benzene rings is 2. The summed E-state index contributed by atoms with van der Waals surface area (Å²) in [5.74, 6) is -1.95. The van der Waals surface area contributed by atoms with Crippen LogP contribution in [0.4, 0.5) is 0 Å². The van der Waals surface area contributed by atoms with Crippen molar-refractivity contribution in [2.24, 2.45) is 5.73 Å². The highest BCUT2D eigenvalue weighted by atomic mass is 16.5. The summed E-state index contributed by atoms with van der Waals surface area (Å²) in [4.78, 5) is 28.5. The van der Waals surface area contributed by atoms with Crippen LogP contribution >= 0.6 is 0 Å². The van der Waals surface area contributed by atoms with Crippen LogP contribution in [0.25, 0.3) is 11.1 Å². The molecule has 0 saturated carbocycles. The maximum atomic E-state index is 12.8. The molecule has 30 heavy (non-hydrogen) atoms. The Kier molecular flexibility index (Phi) is 6.13. The van der Waals surface area contributed by atoms with Crippen molar-refractivity contribution in [1.29, 1.82) is 0 Å². The topological polar surface area (TPSA) is 96.1 Å². The lowest BCUT2D eigenvalue weighted by molar-refractivity contribution is -0.161. The Morgan fingerprint density at radius 3 is 2.10 bits per heavy atom. The molecule has 158 valence electrons. The Morgan fingerprint density at radius 2 is 1.57 bits per heavy atom. The first-order chi connectivity index (χ1) is 14.6. The molecule has 7 nitrogen and oxygen atoms in total. The molecule has 2 aromatic carbocycles. The minimum absolute atomic E-state index is 0.0859. The molecule has 0 bridgehead atoms. The number of nitrogens with zero attached hydrogens (tertiary/aromatic N) is 2. The van der Waals surface area contributed by atoms with E-state index in [9.17, 15) is 14.7 Å². The molecular weight excluding hydrogens is 382 g/mol. The number of carboxylic acid groups (broad SMARTS) is 1. The second kappa shape index (κ2) is 8.95. The minimum Gasteiger partial charge on any atom is -0.480 e. The summed E-state index contributed by atoms with van der Waals surface area (Å²) in [6.45, 7) is 3.85. The van der Waals surface area contributed by atoms with Gasteiger partial charge in [-0.1, -0.05) is 48.5 Å². The van der Waals surface area contributed by atoms with Gasteiger partial charge in [-0.2, -0.15) is 0 Å². The fourth-order valence-corrected chi connectivity index (χ4v) is 4.52. The molecule has 2 aromatic rings. The van der Waals surface area contributed by atoms with Crippen molar-refractivity contribution in [2.45, 2.75) is 12.0 Å². The van der Waals surface area contributed by atoms with E-state index < -0.39 is 18.0 Å². The quantitative estimate of drug-likeness (QED) is 0.527. The van der Waals surface area contributed by atoms with Crippen LogP contribution in [0.1, 0.15) is 17.0 Å². The number of esters is 1. The van der Waals surface area contributed by atoms with E-state index in [0.29, 0.717) is 32.7 Å². The molecule has 0 radical (unpaired) electrons. The molecule has 0 spiro atoms. The summed E-state index contributed by atoms with van der Waals surface area (Å²) in [6.07, 6.45) is 0. The third-order valence-electron chi connectivity index (χ3n) is 6.03. The van der Waals surface area contributed by atoms with Gasteiger partial charge in [0.25, 0.3) is 0 Å². The molecule has 1 heterocycles. The number of hydrogen-bond acceptors (Lipinski definition) is 6. The van der Waals surface area contributed by atoms with Gasteiger partial charge in [-0.15, -0.1) is 0 Å². The molecule has 7 heteroatoms. The molecule has 1 aliphatic carbocycles. The Morgan fingerprint density at radius 1 is 1.00 bits per heavy atom. The highest BCUT2D eigenvalue weighted by molar-refractivity contribution is 5.98. The van der Waals surface area contributed by atoms with Crippen molar-refractivity contribution >= 4 is 11.9 Å². The fraction of sp³-hybridized carbons (Fsp3) is 0.391. The van der Waals surface area contributed by atoms with Crippen LogP contribution in [0.2, 0.25) is 0 Å². The number of fused-ring (bicyclic) bond motifs is 3. The third kappa shape index (κ3) is 3.96. The predicted octanol–water partition coefficient (Wildman–Crippen LogP) is 1.37. The van der Waals surface area contributed by atoms with Crippen molar-refractivity contribution in [3.05, 3.63) is 59.7 Å². The molecule has 2 aliphatic rings. The van der Waals surface area contributed by atoms with Crippen LogP contribution in [0.15, 0.2) is 48.5 Å². The number of piperazine rings is 1. The zero-order valence-corrected chi connectivity index (χ0v) is 16.9. The van der Waals surface area contributed by atoms with Crippen LogP contribution < -0.4 is 5.73 Å². The third-order valence-corrected chi connectivity index (χ3v) is 6.03. The molecule has 1 saturated heterocycles. The molecular formula is C23H27N3O4. The van der Waals surface area contributed by atoms with E-state index in [1.807, 2.05) is 36.4 Å². The van der Waals surface area contributed by atoms with Crippen molar-refractivity contribution in [3.63, 3.8) is 0 Å². The van der Waals surface area contributed by atoms with E-state index in [-0.39, 0.29) is 12.5 Å². The number of rotatable bonds is 7. The van der Waals surface area contributed by atoms with Gasteiger partial charge in [-0.05, 0) is 22.3 Å². The largest absolute Gasteiger partial charge is 0.480 e. The number of carboxylic acids is 1. The monoisotopic (exact) mass is 409 g/mol. The van der Waals surface area contributed by atoms with Gasteiger partial charge in [-0.25, -0.2) is 9.59 Å². The second-order valence-corrected chi connectivity index (χ2v) is 7.76. The molecule has 4 rings (SSSR count). The summed E-state index contributed by atoms with van der Waals surface area (Å²) in [5, 5.41) is 9.70. The lowest BCUT2D eigenvalue weighted by Gasteiger charge is -2.36. The van der Waals surface area contributed by atoms with E-state index >= 15 is 0 Å². The molecule has 1 atom stereocenters. The van der Waals surface area contributed by atoms with Crippen molar-refractivity contribution in [1.82, 2.24) is 9.80 Å². The molecule has 0 amide bonds. The van der Waals surface area contributed by atoms with Gasteiger partial charge in [0, 0.05) is 45.2 Å². The first-order valence-electron chi connectivity index (χ1n) is 10.3. The molecule has 1 fully saturated rings. The highest BCUT2D eigenvalue weighted by Crippen LogP contribution is 2.44. The van der Waals surface area contributed by atoms with Gasteiger partial charge in [0.05, 0.1) is 0 Å². The van der Waals surface area contributed by atoms with Gasteiger partial charge in [0.1, 0.15) is 6.61 Å². The van der Waals surface area contributed by atoms with Crippen molar-refractivity contribution < 1.29 is 19.4 Å². The van der Waals surface area contributed by atoms with E-state index in [1.54, 1.807) is 4.90 Å². The van der Waals surface area contributed by atoms with Gasteiger partial charge in [0.2, 0.25) is 6.04 Å². The average molecular weight is 409 g/mol. The van der Waals surface area contributed by atoms with Gasteiger partial charge in [0.15, 0.2) is 0 Å². The van der Waals surface area contributed by atoms with Crippen molar-refractivity contribution in [2.75, 3.05) is 45.9 Å². The molecule has 0 aromatic heterocycles. The standard InChI is InChI=1S/C23H27N3O4/c24-9-10-25-11-13-26(14-12-25)21(22(27)28)23(29)30-15-20-18-7-3-1-5-16(18)17-6-2-4-8-19(17)20/h1-8,20-21H,9-15,24H2,(H,27,28)/t21-/m0/s1. The predicted molar refractivity (Wildman–Crippen MR) is 113 cm³/mol. The number of nitrogens with two attached hydrogens (primary N) is 1. The van der Waals surface area contributed by atoms with Crippen LogP contribution in [0.3, 0.4) is 0 Å². The average Bonchev–Trinajstić information content (AvgIpc) is 3.07. The van der Waals surface area contributed by atoms with Gasteiger partial charge in [-0.3, -0.25) is 9.80 Å². The van der Waals surface area contributed by atoms with Crippen molar-refractivity contribution in [3.8, 4) is 11.1 Å². The number of ether oxygens (including phenoxy) is 1. The second-order valence-electron chi connectivity index (χ2n) is 7.76. The van der Waals surface area contributed by atoms with E-state index in [2.05, 4.69) is 17.0 Å². The summed E-state index contributed by atoms with van der Waals surface area (Å²) in [7, 11) is 0. The van der Waals surface area contributed by atoms with Gasteiger partial charge >= 0.3 is 11.9 Å². The number of carbonyl (C=O) groups is 2. The lowest BCUT2D eigenvalue weighted by atomic mass is 9.98. The Balaban J connectivity index is 1.45. The molecule has 0 unspecified atom stereocenters. The van der Waals surface area contributed by atoms with Crippen LogP contribution in [0.5, 0.6) is 0 Å². The summed E-state index contributed by atoms with van der Waals surface area (Å²) in [5.41, 5.74) is 10.1. The normalized spacial score (nSPS) is 17.9. The number of hydrogen-bond donors (Lipinski definition) is 2. The van der Waals surface area contributed by atoms with Crippen LogP contribution in [-0.4, -0.2) is 78.8 Å². The number of aliphatic carboxylic acids is 1. The number of carbonyl (C=O) groups excluding carboxylic acids is 1. The van der Waals surface area contributed by atoms with E-state index in [1.165, 1.54) is 0 Å². The maximum Gasteiger partial charge on any atom is 0.335 e. The smallest absolute Gasteiger partial charge is 0.335 e. The van der Waals surface area contributed by atoms with Crippen LogP contribution in [0, 0.1) is 0 Å². The first kappa shape index (κ1) is 20.5. The Hall–Kier alpha value is -2.74. The lowest BCUT2D eigenvalue weighted by Crippen LogP contribution is -2.56. The summed E-state index contributed by atoms with van der Waals surface area (Å²) in [6, 6.07) is 14.9. The molecule has 1 aliphatic heterocycles. The van der Waals surface area contributed by atoms with E-state index in [0.717, 1.165) is 28.8 Å². The highest BCUT2D eigenvalue weighted by Gasteiger charge is 2.37. The fourth-order valence-electron chi connectivity index (χ4n) is 4.52. The Bertz CT molecular complexity index is 879. The molecule has 3 N–H and O–H groups in total.